The zero-order valence-electron chi connectivity index (χ0n) is 15.6. The van der Waals surface area contributed by atoms with Crippen LogP contribution in [-0.2, 0) is 9.53 Å². The first-order valence-corrected chi connectivity index (χ1v) is 10.0. The Labute approximate surface area is 167 Å². The fourth-order valence-electron chi connectivity index (χ4n) is 2.98. The summed E-state index contributed by atoms with van der Waals surface area (Å²) in [6, 6.07) is 16.0. The Morgan fingerprint density at radius 1 is 1.14 bits per heavy atom. The fourth-order valence-corrected chi connectivity index (χ4v) is 3.83. The summed E-state index contributed by atoms with van der Waals surface area (Å²) in [6.07, 6.45) is 1.98. The van der Waals surface area contributed by atoms with Crippen LogP contribution in [0.1, 0.15) is 29.5 Å². The van der Waals surface area contributed by atoms with E-state index in [0.717, 1.165) is 35.6 Å². The summed E-state index contributed by atoms with van der Waals surface area (Å²) in [7, 11) is 0. The lowest BCUT2D eigenvalue weighted by atomic mass is 10.0. The number of aromatic nitrogens is 2. The van der Waals surface area contributed by atoms with E-state index in [0.29, 0.717) is 10.9 Å². The molecule has 1 aliphatic heterocycles. The van der Waals surface area contributed by atoms with Crippen molar-refractivity contribution in [2.75, 3.05) is 18.5 Å². The van der Waals surface area contributed by atoms with E-state index in [1.54, 1.807) is 0 Å². The van der Waals surface area contributed by atoms with Crippen LogP contribution in [0.25, 0.3) is 11.1 Å². The highest BCUT2D eigenvalue weighted by molar-refractivity contribution is 7.15. The molecule has 0 aliphatic carbocycles. The van der Waals surface area contributed by atoms with Gasteiger partial charge in [-0.25, -0.2) is 0 Å². The van der Waals surface area contributed by atoms with E-state index >= 15 is 0 Å². The molecule has 144 valence electrons. The third-order valence-electron chi connectivity index (χ3n) is 4.50. The minimum absolute atomic E-state index is 0.00597. The Kier molecular flexibility index (Phi) is 5.64. The fraction of sp³-hybridized carbons (Fsp3) is 0.286. The molecule has 1 aliphatic rings. The summed E-state index contributed by atoms with van der Waals surface area (Å²) >= 11 is 1.35. The number of nitrogens with one attached hydrogen (secondary N) is 1. The summed E-state index contributed by atoms with van der Waals surface area (Å²) < 4.78 is 11.2. The maximum atomic E-state index is 12.1. The van der Waals surface area contributed by atoms with Crippen LogP contribution in [-0.4, -0.2) is 29.3 Å². The lowest BCUT2D eigenvalue weighted by molar-refractivity contribution is -0.118. The van der Waals surface area contributed by atoms with Crippen molar-refractivity contribution < 1.29 is 14.3 Å². The van der Waals surface area contributed by atoms with Crippen molar-refractivity contribution in [3.63, 3.8) is 0 Å². The van der Waals surface area contributed by atoms with Gasteiger partial charge >= 0.3 is 0 Å². The molecule has 2 aromatic carbocycles. The highest BCUT2D eigenvalue weighted by atomic mass is 32.1. The van der Waals surface area contributed by atoms with Crippen LogP contribution in [0.5, 0.6) is 5.75 Å². The number of carbonyl (C=O) groups excluding carboxylic acids is 1. The normalized spacial score (nSPS) is 16.1. The molecule has 1 saturated heterocycles. The third-order valence-corrected chi connectivity index (χ3v) is 5.43. The first-order valence-electron chi connectivity index (χ1n) is 9.22. The van der Waals surface area contributed by atoms with E-state index in [1.807, 2.05) is 24.3 Å². The predicted octanol–water partition coefficient (Wildman–Crippen LogP) is 4.38. The van der Waals surface area contributed by atoms with Crippen molar-refractivity contribution >= 4 is 22.4 Å². The van der Waals surface area contributed by atoms with Crippen molar-refractivity contribution in [1.82, 2.24) is 10.2 Å². The summed E-state index contributed by atoms with van der Waals surface area (Å²) in [5, 5.41) is 12.1. The van der Waals surface area contributed by atoms with Crippen LogP contribution in [0.3, 0.4) is 0 Å². The topological polar surface area (TPSA) is 73.3 Å². The first-order chi connectivity index (χ1) is 13.7. The highest BCUT2D eigenvalue weighted by Crippen LogP contribution is 2.31. The summed E-state index contributed by atoms with van der Waals surface area (Å²) in [5.74, 6) is 0.376. The number of anilines is 1. The van der Waals surface area contributed by atoms with E-state index in [9.17, 15) is 4.79 Å². The van der Waals surface area contributed by atoms with E-state index < -0.39 is 0 Å². The second-order valence-corrected chi connectivity index (χ2v) is 7.68. The molecule has 1 N–H and O–H groups in total. The number of amides is 1. The van der Waals surface area contributed by atoms with E-state index in [2.05, 4.69) is 46.7 Å². The van der Waals surface area contributed by atoms with Gasteiger partial charge < -0.3 is 9.47 Å². The lowest BCUT2D eigenvalue weighted by Crippen LogP contribution is -2.20. The average molecular weight is 395 g/mol. The Hall–Kier alpha value is -2.77. The zero-order chi connectivity index (χ0) is 19.3. The largest absolute Gasteiger partial charge is 0.484 e. The van der Waals surface area contributed by atoms with Crippen molar-refractivity contribution in [3.05, 3.63) is 59.1 Å². The van der Waals surface area contributed by atoms with Crippen LogP contribution in [0.2, 0.25) is 0 Å². The monoisotopic (exact) mass is 395 g/mol. The quantitative estimate of drug-likeness (QED) is 0.670. The first kappa shape index (κ1) is 18.6. The molecule has 1 aromatic heterocycles. The Balaban J connectivity index is 1.29. The molecule has 1 fully saturated rings. The van der Waals surface area contributed by atoms with E-state index in [4.69, 9.17) is 9.47 Å². The van der Waals surface area contributed by atoms with Gasteiger partial charge in [0.2, 0.25) is 5.13 Å². The Morgan fingerprint density at radius 3 is 2.54 bits per heavy atom. The van der Waals surface area contributed by atoms with Gasteiger partial charge in [-0.2, -0.15) is 0 Å². The van der Waals surface area contributed by atoms with Crippen LogP contribution in [0.4, 0.5) is 5.13 Å². The summed E-state index contributed by atoms with van der Waals surface area (Å²) in [6.45, 7) is 2.73. The standard InChI is InChI=1S/C21H21N3O3S/c1-14-4-6-15(7-5-14)16-8-10-17(11-9-16)27-13-19(25)22-21-24-23-20(28-21)18-3-2-12-26-18/h4-11,18H,2-3,12-13H2,1H3,(H,22,24,25). The maximum Gasteiger partial charge on any atom is 0.264 e. The smallest absolute Gasteiger partial charge is 0.264 e. The van der Waals surface area contributed by atoms with E-state index in [1.165, 1.54) is 16.9 Å². The number of nitrogens with zero attached hydrogens (tertiary/aromatic N) is 2. The SMILES string of the molecule is Cc1ccc(-c2ccc(OCC(=O)Nc3nnc(C4CCCO4)s3)cc2)cc1. The molecule has 1 atom stereocenters. The van der Waals surface area contributed by atoms with Gasteiger partial charge in [0.25, 0.3) is 5.91 Å². The molecular formula is C21H21N3O3S. The number of hydrogen-bond donors (Lipinski definition) is 1. The maximum absolute atomic E-state index is 12.1. The zero-order valence-corrected chi connectivity index (χ0v) is 16.4. The minimum atomic E-state index is -0.266. The van der Waals surface area contributed by atoms with Gasteiger partial charge in [0, 0.05) is 6.61 Å². The lowest BCUT2D eigenvalue weighted by Gasteiger charge is -2.07. The van der Waals surface area contributed by atoms with Gasteiger partial charge in [0.15, 0.2) is 6.61 Å². The van der Waals surface area contributed by atoms with Gasteiger partial charge in [0.1, 0.15) is 16.9 Å². The third kappa shape index (κ3) is 4.55. The molecule has 6 nitrogen and oxygen atoms in total. The Bertz CT molecular complexity index is 932. The average Bonchev–Trinajstić information content (AvgIpc) is 3.39. The molecule has 28 heavy (non-hydrogen) atoms. The molecule has 0 bridgehead atoms. The summed E-state index contributed by atoms with van der Waals surface area (Å²) in [4.78, 5) is 12.1. The molecule has 1 unspecified atom stereocenters. The van der Waals surface area contributed by atoms with Crippen LogP contribution >= 0.6 is 11.3 Å². The number of rotatable bonds is 6. The molecule has 0 spiro atoms. The molecule has 7 heteroatoms. The van der Waals surface area contributed by atoms with Crippen molar-refractivity contribution in [2.24, 2.45) is 0 Å². The minimum Gasteiger partial charge on any atom is -0.484 e. The number of hydrogen-bond acceptors (Lipinski definition) is 6. The second kappa shape index (κ2) is 8.50. The molecule has 1 amide bonds. The van der Waals surface area contributed by atoms with Gasteiger partial charge in [-0.3, -0.25) is 10.1 Å². The summed E-state index contributed by atoms with van der Waals surface area (Å²) in [5.41, 5.74) is 3.48. The van der Waals surface area contributed by atoms with Gasteiger partial charge in [-0.1, -0.05) is 53.3 Å². The molecule has 4 rings (SSSR count). The van der Waals surface area contributed by atoms with Crippen LogP contribution < -0.4 is 10.1 Å². The highest BCUT2D eigenvalue weighted by Gasteiger charge is 2.22. The molecule has 2 heterocycles. The van der Waals surface area contributed by atoms with Crippen LogP contribution in [0.15, 0.2) is 48.5 Å². The van der Waals surface area contributed by atoms with Gasteiger partial charge in [-0.05, 0) is 43.0 Å². The molecule has 0 radical (unpaired) electrons. The Morgan fingerprint density at radius 2 is 1.86 bits per heavy atom. The van der Waals surface area contributed by atoms with Crippen molar-refractivity contribution in [1.29, 1.82) is 0 Å². The molecule has 0 saturated carbocycles. The molecule has 3 aromatic rings. The molecular weight excluding hydrogens is 374 g/mol. The second-order valence-electron chi connectivity index (χ2n) is 6.67. The number of aryl methyl sites for hydroxylation is 1. The van der Waals surface area contributed by atoms with Gasteiger partial charge in [-0.15, -0.1) is 10.2 Å². The number of carbonyl (C=O) groups is 1. The van der Waals surface area contributed by atoms with E-state index in [-0.39, 0.29) is 18.6 Å². The van der Waals surface area contributed by atoms with Crippen molar-refractivity contribution in [2.45, 2.75) is 25.9 Å². The number of ether oxygens (including phenoxy) is 2. The predicted molar refractivity (Wildman–Crippen MR) is 109 cm³/mol. The van der Waals surface area contributed by atoms with Gasteiger partial charge in [0.05, 0.1) is 0 Å². The number of benzene rings is 2. The van der Waals surface area contributed by atoms with Crippen LogP contribution in [0, 0.1) is 6.92 Å². The van der Waals surface area contributed by atoms with Crippen molar-refractivity contribution in [3.8, 4) is 16.9 Å².